The van der Waals surface area contributed by atoms with Crippen LogP contribution in [0, 0.1) is 0 Å². The Kier molecular flexibility index (Phi) is 13.4. The Morgan fingerprint density at radius 2 is 0.941 bits per heavy atom. The van der Waals surface area contributed by atoms with Crippen molar-refractivity contribution in [1.82, 2.24) is 0 Å². The summed E-state index contributed by atoms with van der Waals surface area (Å²) in [5, 5.41) is 0. The van der Waals surface area contributed by atoms with E-state index in [1.54, 1.807) is 0 Å². The van der Waals surface area contributed by atoms with E-state index in [2.05, 4.69) is 13.8 Å². The van der Waals surface area contributed by atoms with E-state index in [-0.39, 0.29) is 0 Å². The van der Waals surface area contributed by atoms with Crippen LogP contribution in [0.1, 0.15) is 78.1 Å². The third kappa shape index (κ3) is 13.6. The summed E-state index contributed by atoms with van der Waals surface area (Å²) < 4.78 is 2.31. The molecule has 0 aliphatic carbocycles. The van der Waals surface area contributed by atoms with E-state index in [1.165, 1.54) is 64.2 Å². The van der Waals surface area contributed by atoms with Gasteiger partial charge < -0.3 is 0 Å². The topological polar surface area (TPSA) is 0 Å². The van der Waals surface area contributed by atoms with Gasteiger partial charge in [-0.2, -0.15) is 0 Å². The Hall–Kier alpha value is 1.37. The average Bonchev–Trinajstić information content (AvgIpc) is 2.28. The van der Waals surface area contributed by atoms with Crippen molar-refractivity contribution in [2.24, 2.45) is 0 Å². The molecule has 0 unspecified atom stereocenters. The van der Waals surface area contributed by atoms with Crippen LogP contribution >= 0.6 is 17.9 Å². The summed E-state index contributed by atoms with van der Waals surface area (Å²) in [6.07, 6.45) is 13.3. The summed E-state index contributed by atoms with van der Waals surface area (Å²) >= 11 is -2.40. The molecule has 0 bridgehead atoms. The molecular weight excluding hydrogens is 367 g/mol. The minimum atomic E-state index is -2.40. The van der Waals surface area contributed by atoms with E-state index < -0.39 is 15.9 Å². The first-order valence-corrected chi connectivity index (χ1v) is 16.5. The van der Waals surface area contributed by atoms with E-state index in [9.17, 15) is 0 Å². The van der Waals surface area contributed by atoms with E-state index in [1.807, 2.05) is 0 Å². The fraction of sp³-hybridized carbons (Fsp3) is 1.00. The summed E-state index contributed by atoms with van der Waals surface area (Å²) in [7, 11) is 13.0. The first-order chi connectivity index (χ1) is 8.12. The molecule has 0 saturated carbocycles. The summed E-state index contributed by atoms with van der Waals surface area (Å²) in [4.78, 5) is 0. The molecule has 0 radical (unpaired) electrons. The van der Waals surface area contributed by atoms with Gasteiger partial charge in [-0.3, -0.25) is 0 Å². The third-order valence-corrected chi connectivity index (χ3v) is 12.3. The number of rotatable bonds is 12. The zero-order valence-corrected chi connectivity index (χ0v) is 15.5. The summed E-state index contributed by atoms with van der Waals surface area (Å²) in [6.45, 7) is 4.50. The molecular formula is C14H30Cl2Te. The molecule has 106 valence electrons. The Morgan fingerprint density at radius 3 is 1.29 bits per heavy atom. The van der Waals surface area contributed by atoms with Crippen LogP contribution in [0.3, 0.4) is 0 Å². The van der Waals surface area contributed by atoms with E-state index in [0.717, 1.165) is 8.94 Å². The van der Waals surface area contributed by atoms with Gasteiger partial charge in [0, 0.05) is 0 Å². The number of hydrogen-bond acceptors (Lipinski definition) is 0. The molecule has 0 aromatic carbocycles. The first kappa shape index (κ1) is 18.4. The van der Waals surface area contributed by atoms with Gasteiger partial charge in [0.05, 0.1) is 0 Å². The van der Waals surface area contributed by atoms with Crippen LogP contribution in [-0.2, 0) is 0 Å². The fourth-order valence-electron chi connectivity index (χ4n) is 1.94. The van der Waals surface area contributed by atoms with Crippen molar-refractivity contribution in [1.29, 1.82) is 0 Å². The molecule has 17 heavy (non-hydrogen) atoms. The van der Waals surface area contributed by atoms with Crippen LogP contribution in [0.15, 0.2) is 0 Å². The molecule has 3 heteroatoms. The van der Waals surface area contributed by atoms with Crippen LogP contribution in [0.25, 0.3) is 0 Å². The summed E-state index contributed by atoms with van der Waals surface area (Å²) in [5.74, 6) is 0. The van der Waals surface area contributed by atoms with Gasteiger partial charge in [0.2, 0.25) is 0 Å². The standard InChI is InChI=1S/C14H30Cl2Te/c1-3-5-7-9-11-13-17(15,16)14-12-10-8-6-4-2/h3-14H2,1-2H3. The second-order valence-electron chi connectivity index (χ2n) is 4.94. The second kappa shape index (κ2) is 12.4. The predicted molar refractivity (Wildman–Crippen MR) is 84.6 cm³/mol. The third-order valence-electron chi connectivity index (χ3n) is 3.09. The van der Waals surface area contributed by atoms with Gasteiger partial charge in [-0.25, -0.2) is 0 Å². The number of halogens is 2. The summed E-state index contributed by atoms with van der Waals surface area (Å²) in [6, 6.07) is 0. The van der Waals surface area contributed by atoms with Crippen LogP contribution in [-0.4, -0.2) is 15.9 Å². The molecule has 0 rings (SSSR count). The van der Waals surface area contributed by atoms with Crippen molar-refractivity contribution in [3.05, 3.63) is 0 Å². The Bertz CT molecular complexity index is 144. The van der Waals surface area contributed by atoms with Gasteiger partial charge >= 0.3 is 121 Å². The molecule has 0 aromatic rings. The van der Waals surface area contributed by atoms with Crippen molar-refractivity contribution < 1.29 is 0 Å². The molecule has 0 heterocycles. The molecule has 0 atom stereocenters. The predicted octanol–water partition coefficient (Wildman–Crippen LogP) is 6.85. The Labute approximate surface area is 120 Å². The molecule has 0 spiro atoms. The fourth-order valence-corrected chi connectivity index (χ4v) is 9.02. The summed E-state index contributed by atoms with van der Waals surface area (Å²) in [5.41, 5.74) is 0. The van der Waals surface area contributed by atoms with Crippen LogP contribution in [0.2, 0.25) is 8.94 Å². The Balaban J connectivity index is 3.38. The van der Waals surface area contributed by atoms with Gasteiger partial charge in [-0.05, 0) is 0 Å². The number of hydrogen-bond donors (Lipinski definition) is 0. The average molecular weight is 397 g/mol. The first-order valence-electron chi connectivity index (χ1n) is 7.30. The van der Waals surface area contributed by atoms with E-state index in [0.29, 0.717) is 0 Å². The molecule has 0 nitrogen and oxygen atoms in total. The molecule has 0 aliphatic heterocycles. The van der Waals surface area contributed by atoms with Crippen molar-refractivity contribution in [2.45, 2.75) is 87.0 Å². The normalized spacial score (nSPS) is 12.9. The van der Waals surface area contributed by atoms with Crippen LogP contribution < -0.4 is 0 Å². The second-order valence-corrected chi connectivity index (χ2v) is 20.2. The minimum absolute atomic E-state index is 1.16. The molecule has 0 aromatic heterocycles. The van der Waals surface area contributed by atoms with E-state index in [4.69, 9.17) is 17.9 Å². The van der Waals surface area contributed by atoms with Crippen molar-refractivity contribution in [3.63, 3.8) is 0 Å². The van der Waals surface area contributed by atoms with Gasteiger partial charge in [-0.1, -0.05) is 0 Å². The maximum atomic E-state index is 6.52. The van der Waals surface area contributed by atoms with Gasteiger partial charge in [0.1, 0.15) is 0 Å². The molecule has 0 amide bonds. The quantitative estimate of drug-likeness (QED) is 0.250. The van der Waals surface area contributed by atoms with Gasteiger partial charge in [0.15, 0.2) is 0 Å². The van der Waals surface area contributed by atoms with Crippen molar-refractivity contribution >= 4 is 33.9 Å². The SMILES string of the molecule is CCCCCCC[Te](Cl)(Cl)CCCCCCC. The zero-order valence-electron chi connectivity index (χ0n) is 11.6. The number of unbranched alkanes of at least 4 members (excludes halogenated alkanes) is 8. The van der Waals surface area contributed by atoms with E-state index >= 15 is 0 Å². The zero-order chi connectivity index (χ0) is 13.0. The van der Waals surface area contributed by atoms with Gasteiger partial charge in [0.25, 0.3) is 0 Å². The van der Waals surface area contributed by atoms with Crippen molar-refractivity contribution in [2.75, 3.05) is 0 Å². The van der Waals surface area contributed by atoms with Crippen LogP contribution in [0.4, 0.5) is 0 Å². The molecule has 0 aliphatic rings. The van der Waals surface area contributed by atoms with Crippen molar-refractivity contribution in [3.8, 4) is 0 Å². The molecule has 0 N–H and O–H groups in total. The monoisotopic (exact) mass is 398 g/mol. The Morgan fingerprint density at radius 1 is 0.588 bits per heavy atom. The molecule has 0 saturated heterocycles. The maximum absolute atomic E-state index is 6.52. The van der Waals surface area contributed by atoms with Gasteiger partial charge in [-0.15, -0.1) is 0 Å². The van der Waals surface area contributed by atoms with Crippen LogP contribution in [0.5, 0.6) is 0 Å². The molecule has 0 fully saturated rings.